The van der Waals surface area contributed by atoms with Crippen LogP contribution in [0, 0.1) is 10.1 Å². The largest absolute Gasteiger partial charge is 0.353 e. The van der Waals surface area contributed by atoms with E-state index in [4.69, 9.17) is 0 Å². The number of anilines is 3. The molecule has 1 saturated heterocycles. The molecule has 0 unspecified atom stereocenters. The van der Waals surface area contributed by atoms with Crippen LogP contribution < -0.4 is 14.7 Å². The average Bonchev–Trinajstić information content (AvgIpc) is 2.84. The molecular weight excluding hydrogens is 394 g/mol. The van der Waals surface area contributed by atoms with Crippen molar-refractivity contribution in [3.05, 3.63) is 76.2 Å². The summed E-state index contributed by atoms with van der Waals surface area (Å²) in [6.07, 6.45) is 4.07. The van der Waals surface area contributed by atoms with Gasteiger partial charge in [-0.15, -0.1) is 0 Å². The molecule has 4 heterocycles. The molecule has 1 fully saturated rings. The highest BCUT2D eigenvalue weighted by atomic mass is 16.6. The fourth-order valence-corrected chi connectivity index (χ4v) is 4.35. The molecule has 0 N–H and O–H groups in total. The van der Waals surface area contributed by atoms with Gasteiger partial charge in [0.25, 0.3) is 0 Å². The predicted molar refractivity (Wildman–Crippen MR) is 119 cm³/mol. The second-order valence-electron chi connectivity index (χ2n) is 7.73. The molecule has 0 bridgehead atoms. The molecule has 2 aromatic heterocycles. The van der Waals surface area contributed by atoms with Crippen molar-refractivity contribution in [1.82, 2.24) is 15.0 Å². The quantitative estimate of drug-likeness (QED) is 0.473. The topological polar surface area (TPSA) is 91.5 Å². The van der Waals surface area contributed by atoms with Gasteiger partial charge in [-0.1, -0.05) is 30.3 Å². The highest BCUT2D eigenvalue weighted by Gasteiger charge is 2.32. The maximum absolute atomic E-state index is 12.1. The Kier molecular flexibility index (Phi) is 5.07. The van der Waals surface area contributed by atoms with Crippen LogP contribution in [0.2, 0.25) is 0 Å². The third-order valence-corrected chi connectivity index (χ3v) is 5.95. The SMILES string of the molecule is O=[N+]([O-])c1c(N2CCN(c3ccccn3)CC2)ncnc1N1CCc2ccccc2C1. The minimum atomic E-state index is -0.337. The van der Waals surface area contributed by atoms with Crippen molar-refractivity contribution in [2.45, 2.75) is 13.0 Å². The smallest absolute Gasteiger partial charge is 0.353 e. The summed E-state index contributed by atoms with van der Waals surface area (Å²) in [7, 11) is 0. The normalized spacial score (nSPS) is 16.2. The molecule has 5 rings (SSSR count). The fourth-order valence-electron chi connectivity index (χ4n) is 4.35. The lowest BCUT2D eigenvalue weighted by Gasteiger charge is -2.36. The van der Waals surface area contributed by atoms with Crippen molar-refractivity contribution in [3.8, 4) is 0 Å². The fraction of sp³-hybridized carbons (Fsp3) is 0.318. The zero-order valence-corrected chi connectivity index (χ0v) is 17.1. The third-order valence-electron chi connectivity index (χ3n) is 5.95. The van der Waals surface area contributed by atoms with Gasteiger partial charge in [-0.3, -0.25) is 10.1 Å². The molecule has 31 heavy (non-hydrogen) atoms. The number of hydrogen-bond donors (Lipinski definition) is 0. The number of fused-ring (bicyclic) bond motifs is 1. The van der Waals surface area contributed by atoms with Crippen molar-refractivity contribution in [2.75, 3.05) is 47.4 Å². The first-order chi connectivity index (χ1) is 15.2. The van der Waals surface area contributed by atoms with Crippen molar-refractivity contribution in [1.29, 1.82) is 0 Å². The second-order valence-corrected chi connectivity index (χ2v) is 7.73. The predicted octanol–water partition coefficient (Wildman–Crippen LogP) is 2.67. The first-order valence-electron chi connectivity index (χ1n) is 10.4. The van der Waals surface area contributed by atoms with Gasteiger partial charge in [-0.2, -0.15) is 0 Å². The monoisotopic (exact) mass is 417 g/mol. The summed E-state index contributed by atoms with van der Waals surface area (Å²) in [4.78, 5) is 31.0. The Hall–Kier alpha value is -3.75. The molecular formula is C22H23N7O2. The Labute approximate surface area is 180 Å². The molecule has 158 valence electrons. The van der Waals surface area contributed by atoms with Crippen LogP contribution in [-0.2, 0) is 13.0 Å². The maximum Gasteiger partial charge on any atom is 0.353 e. The molecule has 3 aromatic rings. The zero-order chi connectivity index (χ0) is 21.2. The lowest BCUT2D eigenvalue weighted by Crippen LogP contribution is -2.47. The standard InChI is InChI=1S/C22H23N7O2/c30-29(31)20-21(27-13-11-26(12-14-27)19-7-3-4-9-23-19)24-16-25-22(20)28-10-8-17-5-1-2-6-18(17)15-28/h1-7,9,16H,8,10-15H2. The summed E-state index contributed by atoms with van der Waals surface area (Å²) in [6.45, 7) is 4.03. The average molecular weight is 417 g/mol. The second kappa shape index (κ2) is 8.17. The summed E-state index contributed by atoms with van der Waals surface area (Å²) in [5, 5.41) is 12.1. The Balaban J connectivity index is 1.40. The van der Waals surface area contributed by atoms with Crippen LogP contribution in [-0.4, -0.2) is 52.6 Å². The van der Waals surface area contributed by atoms with E-state index in [9.17, 15) is 10.1 Å². The molecule has 2 aliphatic rings. The molecule has 9 heteroatoms. The minimum Gasteiger partial charge on any atom is -0.353 e. The number of nitro groups is 1. The van der Waals surface area contributed by atoms with Gasteiger partial charge in [-0.25, -0.2) is 15.0 Å². The van der Waals surface area contributed by atoms with E-state index in [1.807, 2.05) is 40.1 Å². The molecule has 2 aliphatic heterocycles. The summed E-state index contributed by atoms with van der Waals surface area (Å²) >= 11 is 0. The number of pyridine rings is 1. The van der Waals surface area contributed by atoms with Crippen LogP contribution in [0.5, 0.6) is 0 Å². The Morgan fingerprint density at radius 2 is 1.45 bits per heavy atom. The molecule has 0 spiro atoms. The zero-order valence-electron chi connectivity index (χ0n) is 17.1. The number of hydrogen-bond acceptors (Lipinski definition) is 8. The summed E-state index contributed by atoms with van der Waals surface area (Å²) < 4.78 is 0. The van der Waals surface area contributed by atoms with Crippen LogP contribution in [0.25, 0.3) is 0 Å². The number of piperazine rings is 1. The van der Waals surface area contributed by atoms with Crippen LogP contribution in [0.4, 0.5) is 23.1 Å². The minimum absolute atomic E-state index is 0.00633. The summed E-state index contributed by atoms with van der Waals surface area (Å²) in [5.41, 5.74) is 2.47. The van der Waals surface area contributed by atoms with Gasteiger partial charge in [0.2, 0.25) is 11.6 Å². The van der Waals surface area contributed by atoms with Crippen LogP contribution in [0.15, 0.2) is 55.0 Å². The third kappa shape index (κ3) is 3.74. The van der Waals surface area contributed by atoms with Crippen molar-refractivity contribution >= 4 is 23.1 Å². The molecule has 0 amide bonds. The van der Waals surface area contributed by atoms with Crippen LogP contribution in [0.3, 0.4) is 0 Å². The summed E-state index contributed by atoms with van der Waals surface area (Å²) in [5.74, 6) is 1.72. The highest BCUT2D eigenvalue weighted by Crippen LogP contribution is 2.36. The van der Waals surface area contributed by atoms with Gasteiger partial charge >= 0.3 is 5.69 Å². The van der Waals surface area contributed by atoms with Crippen molar-refractivity contribution in [3.63, 3.8) is 0 Å². The molecule has 0 atom stereocenters. The number of benzene rings is 1. The Morgan fingerprint density at radius 1 is 0.774 bits per heavy atom. The van der Waals surface area contributed by atoms with Crippen molar-refractivity contribution in [2.24, 2.45) is 0 Å². The summed E-state index contributed by atoms with van der Waals surface area (Å²) in [6, 6.07) is 14.1. The molecule has 9 nitrogen and oxygen atoms in total. The molecule has 0 saturated carbocycles. The van der Waals surface area contributed by atoms with Gasteiger partial charge in [0.15, 0.2) is 0 Å². The molecule has 0 radical (unpaired) electrons. The first-order valence-corrected chi connectivity index (χ1v) is 10.4. The lowest BCUT2D eigenvalue weighted by molar-refractivity contribution is -0.383. The van der Waals surface area contributed by atoms with E-state index in [1.54, 1.807) is 6.20 Å². The van der Waals surface area contributed by atoms with Gasteiger partial charge in [0, 0.05) is 45.5 Å². The van der Waals surface area contributed by atoms with E-state index in [2.05, 4.69) is 32.0 Å². The van der Waals surface area contributed by atoms with Crippen LogP contribution >= 0.6 is 0 Å². The maximum atomic E-state index is 12.1. The van der Waals surface area contributed by atoms with E-state index in [0.717, 1.165) is 25.3 Å². The lowest BCUT2D eigenvalue weighted by atomic mass is 10.00. The van der Waals surface area contributed by atoms with E-state index in [0.29, 0.717) is 37.8 Å². The van der Waals surface area contributed by atoms with Crippen LogP contribution in [0.1, 0.15) is 11.1 Å². The number of rotatable bonds is 4. The van der Waals surface area contributed by atoms with E-state index in [1.165, 1.54) is 17.5 Å². The van der Waals surface area contributed by atoms with Gasteiger partial charge in [0.1, 0.15) is 12.1 Å². The van der Waals surface area contributed by atoms with Gasteiger partial charge < -0.3 is 14.7 Å². The number of aromatic nitrogens is 3. The highest BCUT2D eigenvalue weighted by molar-refractivity contribution is 5.72. The van der Waals surface area contributed by atoms with Gasteiger partial charge in [0.05, 0.1) is 4.92 Å². The Morgan fingerprint density at radius 3 is 2.16 bits per heavy atom. The Bertz CT molecular complexity index is 1080. The van der Waals surface area contributed by atoms with E-state index >= 15 is 0 Å². The van der Waals surface area contributed by atoms with Crippen molar-refractivity contribution < 1.29 is 4.92 Å². The number of nitrogens with zero attached hydrogens (tertiary/aromatic N) is 7. The van der Waals surface area contributed by atoms with E-state index < -0.39 is 0 Å². The van der Waals surface area contributed by atoms with E-state index in [-0.39, 0.29) is 10.6 Å². The van der Waals surface area contributed by atoms with Gasteiger partial charge in [-0.05, 0) is 29.7 Å². The first kappa shape index (κ1) is 19.2. The molecule has 0 aliphatic carbocycles. The molecule has 1 aromatic carbocycles.